The van der Waals surface area contributed by atoms with Gasteiger partial charge in [-0.05, 0) is 52.4 Å². The van der Waals surface area contributed by atoms with Gasteiger partial charge in [0.2, 0.25) is 0 Å². The van der Waals surface area contributed by atoms with Crippen molar-refractivity contribution < 1.29 is 9.84 Å². The predicted molar refractivity (Wildman–Crippen MR) is 109 cm³/mol. The van der Waals surface area contributed by atoms with Crippen LogP contribution in [-0.2, 0) is 5.41 Å². The molecule has 1 unspecified atom stereocenters. The van der Waals surface area contributed by atoms with Crippen molar-refractivity contribution in [3.05, 3.63) is 29.3 Å². The SMILES string of the molecule is Cc1ccc2c(c1)[C@]1(C)CCC(O)[C@H](NCCCN3CCN(C)CC3)[C@@H]1O2. The minimum absolute atomic E-state index is 0.00365. The van der Waals surface area contributed by atoms with Gasteiger partial charge in [0.15, 0.2) is 0 Å². The molecule has 5 heteroatoms. The lowest BCUT2D eigenvalue weighted by Crippen LogP contribution is -2.60. The van der Waals surface area contributed by atoms with Crippen molar-refractivity contribution in [2.24, 2.45) is 0 Å². The molecule has 27 heavy (non-hydrogen) atoms. The number of nitrogens with zero attached hydrogens (tertiary/aromatic N) is 2. The third-order valence-corrected chi connectivity index (χ3v) is 6.96. The molecule has 1 saturated carbocycles. The standard InChI is InChI=1S/C22H35N3O2/c1-16-5-6-19-17(15-16)22(2)8-7-18(26)20(21(22)27-19)23-9-4-10-25-13-11-24(3)12-14-25/h5-6,15,18,20-21,23,26H,4,7-14H2,1-3H3/t18?,20-,21-,22-/m0/s1. The molecular weight excluding hydrogens is 338 g/mol. The van der Waals surface area contributed by atoms with Gasteiger partial charge in [0.1, 0.15) is 11.9 Å². The number of hydrogen-bond acceptors (Lipinski definition) is 5. The van der Waals surface area contributed by atoms with E-state index in [0.29, 0.717) is 0 Å². The van der Waals surface area contributed by atoms with E-state index in [2.05, 4.69) is 54.2 Å². The first-order chi connectivity index (χ1) is 13.0. The Morgan fingerprint density at radius 3 is 2.81 bits per heavy atom. The van der Waals surface area contributed by atoms with Crippen LogP contribution in [0.3, 0.4) is 0 Å². The molecule has 150 valence electrons. The van der Waals surface area contributed by atoms with Gasteiger partial charge in [0.25, 0.3) is 0 Å². The van der Waals surface area contributed by atoms with Gasteiger partial charge in [-0.25, -0.2) is 0 Å². The molecule has 4 rings (SSSR count). The van der Waals surface area contributed by atoms with Crippen LogP contribution in [-0.4, -0.2) is 79.5 Å². The van der Waals surface area contributed by atoms with Crippen molar-refractivity contribution in [1.29, 1.82) is 0 Å². The first-order valence-corrected chi connectivity index (χ1v) is 10.6. The number of hydrogen-bond donors (Lipinski definition) is 2. The monoisotopic (exact) mass is 373 g/mol. The van der Waals surface area contributed by atoms with Gasteiger partial charge < -0.3 is 25.0 Å². The second-order valence-electron chi connectivity index (χ2n) is 9.04. The summed E-state index contributed by atoms with van der Waals surface area (Å²) in [6.45, 7) is 11.2. The van der Waals surface area contributed by atoms with Crippen LogP contribution in [0.1, 0.15) is 37.3 Å². The largest absolute Gasteiger partial charge is 0.487 e. The van der Waals surface area contributed by atoms with Crippen LogP contribution in [0.15, 0.2) is 18.2 Å². The highest BCUT2D eigenvalue weighted by Crippen LogP contribution is 2.50. The van der Waals surface area contributed by atoms with Crippen molar-refractivity contribution >= 4 is 0 Å². The molecule has 1 aromatic carbocycles. The molecule has 3 aliphatic rings. The molecule has 0 bridgehead atoms. The van der Waals surface area contributed by atoms with Crippen molar-refractivity contribution in [3.63, 3.8) is 0 Å². The van der Waals surface area contributed by atoms with Crippen LogP contribution in [0.25, 0.3) is 0 Å². The van der Waals surface area contributed by atoms with E-state index in [9.17, 15) is 5.11 Å². The number of aliphatic hydroxyl groups excluding tert-OH is 1. The number of nitrogens with one attached hydrogen (secondary N) is 1. The summed E-state index contributed by atoms with van der Waals surface area (Å²) in [5.74, 6) is 1.01. The van der Waals surface area contributed by atoms with E-state index < -0.39 is 0 Å². The van der Waals surface area contributed by atoms with Crippen molar-refractivity contribution in [2.45, 2.75) is 56.8 Å². The molecule has 4 atom stereocenters. The van der Waals surface area contributed by atoms with Crippen LogP contribution in [0.2, 0.25) is 0 Å². The van der Waals surface area contributed by atoms with Gasteiger partial charge in [-0.1, -0.05) is 24.6 Å². The summed E-state index contributed by atoms with van der Waals surface area (Å²) in [5, 5.41) is 14.3. The Balaban J connectivity index is 1.35. The molecule has 5 nitrogen and oxygen atoms in total. The maximum absolute atomic E-state index is 10.7. The topological polar surface area (TPSA) is 48.0 Å². The molecule has 2 aliphatic heterocycles. The Morgan fingerprint density at radius 2 is 2.04 bits per heavy atom. The van der Waals surface area contributed by atoms with Crippen LogP contribution < -0.4 is 10.1 Å². The Labute approximate surface area is 163 Å². The molecule has 0 amide bonds. The molecule has 2 heterocycles. The second kappa shape index (κ2) is 7.70. The average molecular weight is 374 g/mol. The van der Waals surface area contributed by atoms with E-state index in [1.54, 1.807) is 0 Å². The summed E-state index contributed by atoms with van der Waals surface area (Å²) >= 11 is 0. The van der Waals surface area contributed by atoms with E-state index in [4.69, 9.17) is 4.74 Å². The van der Waals surface area contributed by atoms with Crippen molar-refractivity contribution in [1.82, 2.24) is 15.1 Å². The number of benzene rings is 1. The minimum Gasteiger partial charge on any atom is -0.487 e. The molecule has 1 aliphatic carbocycles. The summed E-state index contributed by atoms with van der Waals surface area (Å²) in [4.78, 5) is 4.94. The number of rotatable bonds is 5. The normalized spacial score (nSPS) is 34.1. The molecule has 2 N–H and O–H groups in total. The van der Waals surface area contributed by atoms with Gasteiger partial charge >= 0.3 is 0 Å². The Kier molecular flexibility index (Phi) is 5.48. The fraction of sp³-hybridized carbons (Fsp3) is 0.727. The third-order valence-electron chi connectivity index (χ3n) is 6.96. The first-order valence-electron chi connectivity index (χ1n) is 10.6. The van der Waals surface area contributed by atoms with Crippen molar-refractivity contribution in [2.75, 3.05) is 46.3 Å². The van der Waals surface area contributed by atoms with E-state index >= 15 is 0 Å². The minimum atomic E-state index is -0.331. The molecular formula is C22H35N3O2. The quantitative estimate of drug-likeness (QED) is 0.771. The number of ether oxygens (including phenoxy) is 1. The highest BCUT2D eigenvalue weighted by atomic mass is 16.5. The fourth-order valence-electron chi connectivity index (χ4n) is 5.07. The number of aliphatic hydroxyl groups is 1. The van der Waals surface area contributed by atoms with Crippen LogP contribution in [0, 0.1) is 6.92 Å². The molecule has 1 saturated heterocycles. The van der Waals surface area contributed by atoms with E-state index in [-0.39, 0.29) is 23.7 Å². The van der Waals surface area contributed by atoms with E-state index in [1.165, 1.54) is 37.3 Å². The molecule has 0 spiro atoms. The second-order valence-corrected chi connectivity index (χ2v) is 9.04. The molecule has 1 aromatic rings. The summed E-state index contributed by atoms with van der Waals surface area (Å²) in [5.41, 5.74) is 2.60. The lowest BCUT2D eigenvalue weighted by Gasteiger charge is -2.43. The zero-order valence-corrected chi connectivity index (χ0v) is 17.1. The highest BCUT2D eigenvalue weighted by Gasteiger charge is 2.53. The zero-order valence-electron chi connectivity index (χ0n) is 17.1. The predicted octanol–water partition coefficient (Wildman–Crippen LogP) is 1.76. The van der Waals surface area contributed by atoms with E-state index in [0.717, 1.165) is 38.1 Å². The number of aryl methyl sites for hydroxylation is 1. The number of fused-ring (bicyclic) bond motifs is 3. The number of piperazine rings is 1. The van der Waals surface area contributed by atoms with Crippen LogP contribution >= 0.6 is 0 Å². The van der Waals surface area contributed by atoms with Crippen LogP contribution in [0.5, 0.6) is 5.75 Å². The van der Waals surface area contributed by atoms with Gasteiger partial charge in [-0.2, -0.15) is 0 Å². The highest BCUT2D eigenvalue weighted by molar-refractivity contribution is 5.48. The third kappa shape index (κ3) is 3.75. The maximum Gasteiger partial charge on any atom is 0.126 e. The van der Waals surface area contributed by atoms with Gasteiger partial charge in [0, 0.05) is 37.2 Å². The first kappa shape index (κ1) is 19.2. The Bertz CT molecular complexity index is 659. The van der Waals surface area contributed by atoms with Crippen molar-refractivity contribution in [3.8, 4) is 5.75 Å². The molecule has 0 aromatic heterocycles. The summed E-state index contributed by atoms with van der Waals surface area (Å²) < 4.78 is 6.37. The zero-order chi connectivity index (χ0) is 19.0. The summed E-state index contributed by atoms with van der Waals surface area (Å²) in [7, 11) is 2.20. The Hall–Kier alpha value is -1.14. The van der Waals surface area contributed by atoms with Gasteiger partial charge in [-0.3, -0.25) is 0 Å². The summed E-state index contributed by atoms with van der Waals surface area (Å²) in [6.07, 6.45) is 2.61. The average Bonchev–Trinajstić information content (AvgIpc) is 2.94. The van der Waals surface area contributed by atoms with Gasteiger partial charge in [-0.15, -0.1) is 0 Å². The number of likely N-dealkylation sites (N-methyl/N-ethyl adjacent to an activating group) is 1. The van der Waals surface area contributed by atoms with Crippen LogP contribution in [0.4, 0.5) is 0 Å². The van der Waals surface area contributed by atoms with Gasteiger partial charge in [0.05, 0.1) is 12.1 Å². The van der Waals surface area contributed by atoms with E-state index in [1.807, 2.05) is 0 Å². The lowest BCUT2D eigenvalue weighted by molar-refractivity contribution is -0.0130. The molecule has 2 fully saturated rings. The maximum atomic E-state index is 10.7. The lowest BCUT2D eigenvalue weighted by atomic mass is 9.67. The Morgan fingerprint density at radius 1 is 1.26 bits per heavy atom. The smallest absolute Gasteiger partial charge is 0.126 e. The fourth-order valence-corrected chi connectivity index (χ4v) is 5.07. The molecule has 0 radical (unpaired) electrons. The summed E-state index contributed by atoms with van der Waals surface area (Å²) in [6, 6.07) is 6.50.